The Bertz CT molecular complexity index is 1030. The lowest BCUT2D eigenvalue weighted by Crippen LogP contribution is -2.34. The maximum Gasteiger partial charge on any atom is 0.257 e. The van der Waals surface area contributed by atoms with E-state index in [0.29, 0.717) is 12.2 Å². The van der Waals surface area contributed by atoms with Crippen LogP contribution in [0.5, 0.6) is 5.75 Å². The second-order valence-electron chi connectivity index (χ2n) is 7.33. The maximum absolute atomic E-state index is 12.5. The topological polar surface area (TPSA) is 59.6 Å². The smallest absolute Gasteiger partial charge is 0.257 e. The second-order valence-corrected chi connectivity index (χ2v) is 7.73. The Hall–Kier alpha value is -3.22. The molecule has 1 saturated heterocycles. The van der Waals surface area contributed by atoms with Crippen molar-refractivity contribution >= 4 is 28.9 Å². The average Bonchev–Trinajstić information content (AvgIpc) is 3.32. The van der Waals surface area contributed by atoms with Crippen LogP contribution in [0.2, 0.25) is 0 Å². The minimum atomic E-state index is -0.261. The van der Waals surface area contributed by atoms with Gasteiger partial charge in [-0.1, -0.05) is 48.5 Å². The molecule has 1 aliphatic heterocycles. The Morgan fingerprint density at radius 2 is 1.77 bits per heavy atom. The number of carbonyl (C=O) groups is 1. The lowest BCUT2D eigenvalue weighted by molar-refractivity contribution is 0.0680. The molecule has 1 unspecified atom stereocenters. The van der Waals surface area contributed by atoms with Crippen LogP contribution in [0.15, 0.2) is 78.9 Å². The standard InChI is InChI=1S/C25H24N2O3S/c28-24(20-13-11-19(12-14-20)18-6-2-1-3-7-18)27-25(31)26-21-8-4-9-22(16-21)30-17-23-10-5-15-29-23/h1-4,6-9,11-14,16,23H,5,10,15,17H2,(H2,26,27,28,31). The molecule has 4 rings (SSSR count). The van der Waals surface area contributed by atoms with Gasteiger partial charge in [0.15, 0.2) is 5.11 Å². The van der Waals surface area contributed by atoms with E-state index in [1.165, 1.54) is 0 Å². The molecule has 0 spiro atoms. The summed E-state index contributed by atoms with van der Waals surface area (Å²) in [6.07, 6.45) is 2.27. The summed E-state index contributed by atoms with van der Waals surface area (Å²) in [6.45, 7) is 1.34. The second kappa shape index (κ2) is 10.2. The van der Waals surface area contributed by atoms with Gasteiger partial charge in [-0.05, 0) is 60.5 Å². The van der Waals surface area contributed by atoms with E-state index in [1.54, 1.807) is 12.1 Å². The molecule has 0 aromatic heterocycles. The van der Waals surface area contributed by atoms with E-state index in [4.69, 9.17) is 21.7 Å². The Kier molecular flexibility index (Phi) is 6.92. The van der Waals surface area contributed by atoms with Gasteiger partial charge in [-0.2, -0.15) is 0 Å². The van der Waals surface area contributed by atoms with Crippen molar-refractivity contribution in [1.82, 2.24) is 5.32 Å². The Balaban J connectivity index is 1.31. The Labute approximate surface area is 187 Å². The van der Waals surface area contributed by atoms with Crippen molar-refractivity contribution in [2.75, 3.05) is 18.5 Å². The summed E-state index contributed by atoms with van der Waals surface area (Å²) in [7, 11) is 0. The monoisotopic (exact) mass is 432 g/mol. The van der Waals surface area contributed by atoms with Crippen LogP contribution in [0.4, 0.5) is 5.69 Å². The maximum atomic E-state index is 12.5. The quantitative estimate of drug-likeness (QED) is 0.535. The highest BCUT2D eigenvalue weighted by atomic mass is 32.1. The normalized spacial score (nSPS) is 15.3. The molecule has 1 heterocycles. The van der Waals surface area contributed by atoms with Gasteiger partial charge in [0.2, 0.25) is 0 Å². The van der Waals surface area contributed by atoms with Gasteiger partial charge in [0, 0.05) is 23.9 Å². The lowest BCUT2D eigenvalue weighted by Gasteiger charge is -2.13. The Morgan fingerprint density at radius 3 is 2.52 bits per heavy atom. The first-order valence-electron chi connectivity index (χ1n) is 10.3. The number of rotatable bonds is 6. The molecule has 6 heteroatoms. The molecule has 0 bridgehead atoms. The highest BCUT2D eigenvalue weighted by molar-refractivity contribution is 7.80. The van der Waals surface area contributed by atoms with Crippen LogP contribution >= 0.6 is 12.2 Å². The van der Waals surface area contributed by atoms with Crippen LogP contribution < -0.4 is 15.4 Å². The highest BCUT2D eigenvalue weighted by Gasteiger charge is 2.16. The molecule has 1 fully saturated rings. The molecule has 158 valence electrons. The van der Waals surface area contributed by atoms with E-state index >= 15 is 0 Å². The van der Waals surface area contributed by atoms with Crippen molar-refractivity contribution in [3.05, 3.63) is 84.4 Å². The molecular formula is C25H24N2O3S. The van der Waals surface area contributed by atoms with Gasteiger partial charge in [-0.25, -0.2) is 0 Å². The fraction of sp³-hybridized carbons (Fsp3) is 0.200. The van der Waals surface area contributed by atoms with Gasteiger partial charge in [-0.15, -0.1) is 0 Å². The number of thiocarbonyl (C=S) groups is 1. The van der Waals surface area contributed by atoms with Crippen molar-refractivity contribution in [2.24, 2.45) is 0 Å². The van der Waals surface area contributed by atoms with Crippen LogP contribution in [-0.2, 0) is 4.74 Å². The molecular weight excluding hydrogens is 408 g/mol. The average molecular weight is 433 g/mol. The molecule has 5 nitrogen and oxygen atoms in total. The van der Waals surface area contributed by atoms with Gasteiger partial charge in [0.05, 0.1) is 6.10 Å². The first kappa shape index (κ1) is 21.0. The molecule has 31 heavy (non-hydrogen) atoms. The van der Waals surface area contributed by atoms with Crippen LogP contribution in [0.1, 0.15) is 23.2 Å². The van der Waals surface area contributed by atoms with Crippen molar-refractivity contribution in [3.63, 3.8) is 0 Å². The summed E-state index contributed by atoms with van der Waals surface area (Å²) in [6, 6.07) is 24.9. The van der Waals surface area contributed by atoms with Crippen LogP contribution in [0.3, 0.4) is 0 Å². The third kappa shape index (κ3) is 5.90. The van der Waals surface area contributed by atoms with E-state index in [-0.39, 0.29) is 17.1 Å². The SMILES string of the molecule is O=C(NC(=S)Nc1cccc(OCC2CCCO2)c1)c1ccc(-c2ccccc2)cc1. The third-order valence-corrected chi connectivity index (χ3v) is 5.24. The van der Waals surface area contributed by atoms with Crippen LogP contribution in [0, 0.1) is 0 Å². The van der Waals surface area contributed by atoms with Crippen LogP contribution in [-0.4, -0.2) is 30.3 Å². The molecule has 1 aliphatic rings. The van der Waals surface area contributed by atoms with Gasteiger partial charge in [0.1, 0.15) is 12.4 Å². The molecule has 1 amide bonds. The number of benzene rings is 3. The van der Waals surface area contributed by atoms with E-state index in [1.807, 2.05) is 66.7 Å². The zero-order valence-corrected chi connectivity index (χ0v) is 17.9. The molecule has 3 aromatic rings. The van der Waals surface area contributed by atoms with Crippen molar-refractivity contribution in [2.45, 2.75) is 18.9 Å². The minimum absolute atomic E-state index is 0.158. The summed E-state index contributed by atoms with van der Waals surface area (Å²) >= 11 is 5.31. The summed E-state index contributed by atoms with van der Waals surface area (Å²) in [5.41, 5.74) is 3.44. The van der Waals surface area contributed by atoms with Gasteiger partial charge in [-0.3, -0.25) is 10.1 Å². The fourth-order valence-electron chi connectivity index (χ4n) is 3.41. The third-order valence-electron chi connectivity index (χ3n) is 5.03. The van der Waals surface area contributed by atoms with Gasteiger partial charge >= 0.3 is 0 Å². The van der Waals surface area contributed by atoms with Crippen LogP contribution in [0.25, 0.3) is 11.1 Å². The van der Waals surface area contributed by atoms with Crippen molar-refractivity contribution < 1.29 is 14.3 Å². The number of anilines is 1. The number of amides is 1. The molecule has 0 radical (unpaired) electrons. The number of hydrogen-bond acceptors (Lipinski definition) is 4. The fourth-order valence-corrected chi connectivity index (χ4v) is 3.62. The molecule has 2 N–H and O–H groups in total. The predicted octanol–water partition coefficient (Wildman–Crippen LogP) is 5.04. The highest BCUT2D eigenvalue weighted by Crippen LogP contribution is 2.21. The summed E-state index contributed by atoms with van der Waals surface area (Å²) in [5.74, 6) is 0.467. The van der Waals surface area contributed by atoms with Crippen molar-refractivity contribution in [3.8, 4) is 16.9 Å². The lowest BCUT2D eigenvalue weighted by atomic mass is 10.0. The van der Waals surface area contributed by atoms with E-state index in [2.05, 4.69) is 10.6 Å². The van der Waals surface area contributed by atoms with Crippen molar-refractivity contribution in [1.29, 1.82) is 0 Å². The van der Waals surface area contributed by atoms with E-state index in [0.717, 1.165) is 42.0 Å². The Morgan fingerprint density at radius 1 is 1.00 bits per heavy atom. The van der Waals surface area contributed by atoms with Gasteiger partial charge < -0.3 is 14.8 Å². The minimum Gasteiger partial charge on any atom is -0.491 e. The molecule has 0 aliphatic carbocycles. The number of carbonyl (C=O) groups excluding carboxylic acids is 1. The summed E-state index contributed by atoms with van der Waals surface area (Å²) < 4.78 is 11.4. The zero-order chi connectivity index (χ0) is 21.5. The number of hydrogen-bond donors (Lipinski definition) is 2. The summed E-state index contributed by atoms with van der Waals surface area (Å²) in [4.78, 5) is 12.5. The predicted molar refractivity (Wildman–Crippen MR) is 126 cm³/mol. The number of nitrogens with one attached hydrogen (secondary N) is 2. The number of ether oxygens (including phenoxy) is 2. The molecule has 0 saturated carbocycles. The van der Waals surface area contributed by atoms with E-state index in [9.17, 15) is 4.79 Å². The largest absolute Gasteiger partial charge is 0.491 e. The van der Waals surface area contributed by atoms with Gasteiger partial charge in [0.25, 0.3) is 5.91 Å². The summed E-state index contributed by atoms with van der Waals surface area (Å²) in [5, 5.41) is 5.99. The van der Waals surface area contributed by atoms with E-state index < -0.39 is 0 Å². The molecule has 1 atom stereocenters. The first-order valence-corrected chi connectivity index (χ1v) is 10.7. The first-order chi connectivity index (χ1) is 15.2. The molecule has 3 aromatic carbocycles. The zero-order valence-electron chi connectivity index (χ0n) is 17.0.